The van der Waals surface area contributed by atoms with Gasteiger partial charge in [0.2, 0.25) is 0 Å². The lowest BCUT2D eigenvalue weighted by atomic mass is 10.3. The van der Waals surface area contributed by atoms with Crippen molar-refractivity contribution in [1.29, 1.82) is 5.26 Å². The largest absolute Gasteiger partial charge is 1.00 e. The van der Waals surface area contributed by atoms with E-state index in [0.717, 1.165) is 0 Å². The molecule has 1 N–H and O–H groups in total. The van der Waals surface area contributed by atoms with Crippen LogP contribution >= 0.6 is 0 Å². The van der Waals surface area contributed by atoms with Gasteiger partial charge in [0, 0.05) is 4.80 Å². The van der Waals surface area contributed by atoms with Crippen molar-refractivity contribution in [2.24, 2.45) is 0 Å². The molecule has 2 heterocycles. The number of rotatable bonds is 1. The highest BCUT2D eigenvalue weighted by Crippen LogP contribution is 2.12. The highest BCUT2D eigenvalue weighted by molar-refractivity contribution is 5.42. The van der Waals surface area contributed by atoms with Crippen molar-refractivity contribution in [3.8, 4) is 6.07 Å². The van der Waals surface area contributed by atoms with Gasteiger partial charge in [-0.2, -0.15) is 15.2 Å². The summed E-state index contributed by atoms with van der Waals surface area (Å²) in [6, 6.07) is 1.92. The van der Waals surface area contributed by atoms with E-state index in [0.29, 0.717) is 5.57 Å². The number of nitriles is 1. The lowest BCUT2D eigenvalue weighted by molar-refractivity contribution is -0.726. The minimum atomic E-state index is 0. The number of hydrogen-bond donors (Lipinski definition) is 1. The molecule has 13 heavy (non-hydrogen) atoms. The third kappa shape index (κ3) is 1.58. The SMILES string of the molecule is N#CC1=C([n+]2nnc[nH]2)OOC1.[Cl-]. The maximum absolute atomic E-state index is 8.59. The van der Waals surface area contributed by atoms with Crippen molar-refractivity contribution in [3.05, 3.63) is 11.9 Å². The van der Waals surface area contributed by atoms with E-state index in [9.17, 15) is 0 Å². The van der Waals surface area contributed by atoms with Gasteiger partial charge in [-0.25, -0.2) is 0 Å². The van der Waals surface area contributed by atoms with Gasteiger partial charge >= 0.3 is 5.88 Å². The fourth-order valence-corrected chi connectivity index (χ4v) is 0.783. The van der Waals surface area contributed by atoms with E-state index in [1.807, 2.05) is 6.07 Å². The second-order valence-corrected chi connectivity index (χ2v) is 2.02. The van der Waals surface area contributed by atoms with Crippen LogP contribution in [0.15, 0.2) is 11.9 Å². The van der Waals surface area contributed by atoms with E-state index in [2.05, 4.69) is 25.2 Å². The summed E-state index contributed by atoms with van der Waals surface area (Å²) in [5.74, 6) is 0.231. The molecule has 2 rings (SSSR count). The Morgan fingerprint density at radius 2 is 2.54 bits per heavy atom. The molecule has 0 spiro atoms. The molecule has 1 aliphatic heterocycles. The lowest BCUT2D eigenvalue weighted by Crippen LogP contribution is -3.00. The van der Waals surface area contributed by atoms with E-state index < -0.39 is 0 Å². The number of nitrogens with one attached hydrogen (secondary N) is 1. The molecule has 8 heteroatoms. The Bertz CT molecular complexity index is 354. The Kier molecular flexibility index (Phi) is 2.79. The molecule has 0 radical (unpaired) electrons. The van der Waals surface area contributed by atoms with Crippen molar-refractivity contribution >= 4 is 5.88 Å². The summed E-state index contributed by atoms with van der Waals surface area (Å²) in [5.41, 5.74) is 0.372. The van der Waals surface area contributed by atoms with Gasteiger partial charge in [0.1, 0.15) is 12.7 Å². The number of tetrazole rings is 1. The topological polar surface area (TPSA) is 87.7 Å². The molecule has 0 aliphatic carbocycles. The third-order valence-corrected chi connectivity index (χ3v) is 1.31. The molecular formula is C5H4ClN5O2. The molecule has 0 fully saturated rings. The smallest absolute Gasteiger partial charge is 0.382 e. The van der Waals surface area contributed by atoms with Gasteiger partial charge in [-0.1, -0.05) is 0 Å². The lowest BCUT2D eigenvalue weighted by Gasteiger charge is -1.88. The van der Waals surface area contributed by atoms with Gasteiger partial charge in [-0.15, -0.1) is 0 Å². The first kappa shape index (κ1) is 9.44. The Morgan fingerprint density at radius 3 is 3.15 bits per heavy atom. The van der Waals surface area contributed by atoms with Crippen LogP contribution in [0.25, 0.3) is 5.88 Å². The van der Waals surface area contributed by atoms with Crippen LogP contribution < -0.4 is 17.2 Å². The summed E-state index contributed by atoms with van der Waals surface area (Å²) in [7, 11) is 0. The molecule has 1 aliphatic rings. The fourth-order valence-electron chi connectivity index (χ4n) is 0.783. The number of hydrogen-bond acceptors (Lipinski definition) is 5. The first-order valence-corrected chi connectivity index (χ1v) is 3.13. The fraction of sp³-hybridized carbons (Fsp3) is 0.200. The first-order valence-electron chi connectivity index (χ1n) is 3.13. The molecule has 68 valence electrons. The van der Waals surface area contributed by atoms with Crippen LogP contribution in [-0.4, -0.2) is 22.0 Å². The van der Waals surface area contributed by atoms with Gasteiger partial charge in [0.15, 0.2) is 10.8 Å². The number of H-pyrrole nitrogens is 1. The number of nitrogens with zero attached hydrogens (tertiary/aromatic N) is 4. The Labute approximate surface area is 78.9 Å². The number of aromatic amines is 1. The quantitative estimate of drug-likeness (QED) is 0.367. The summed E-state index contributed by atoms with van der Waals surface area (Å²) < 4.78 is 0. The molecule has 0 aromatic carbocycles. The minimum absolute atomic E-state index is 0. The molecule has 1 aromatic heterocycles. The first-order chi connectivity index (χ1) is 5.92. The average Bonchev–Trinajstić information content (AvgIpc) is 2.74. The summed E-state index contributed by atoms with van der Waals surface area (Å²) in [4.78, 5) is 10.5. The zero-order chi connectivity index (χ0) is 8.39. The summed E-state index contributed by atoms with van der Waals surface area (Å²) in [6.07, 6.45) is 1.36. The maximum Gasteiger partial charge on any atom is 0.382 e. The van der Waals surface area contributed by atoms with Crippen molar-refractivity contribution in [2.75, 3.05) is 6.61 Å². The van der Waals surface area contributed by atoms with E-state index in [1.165, 1.54) is 11.1 Å². The van der Waals surface area contributed by atoms with Crippen LogP contribution in [0.5, 0.6) is 0 Å². The average molecular weight is 202 g/mol. The number of aromatic nitrogens is 4. The second kappa shape index (κ2) is 3.84. The summed E-state index contributed by atoms with van der Waals surface area (Å²) in [5, 5.41) is 18.3. The van der Waals surface area contributed by atoms with Gasteiger partial charge < -0.3 is 12.4 Å². The Hall–Kier alpha value is -1.65. The molecule has 0 atom stereocenters. The zero-order valence-electron chi connectivity index (χ0n) is 6.27. The van der Waals surface area contributed by atoms with Gasteiger partial charge in [0.05, 0.1) is 5.10 Å². The van der Waals surface area contributed by atoms with Crippen molar-refractivity contribution < 1.29 is 27.0 Å². The van der Waals surface area contributed by atoms with Gasteiger partial charge in [-0.3, -0.25) is 4.89 Å². The number of halogens is 1. The van der Waals surface area contributed by atoms with Gasteiger partial charge in [-0.05, 0) is 0 Å². The van der Waals surface area contributed by atoms with Crippen LogP contribution in [0.4, 0.5) is 0 Å². The molecule has 0 bridgehead atoms. The van der Waals surface area contributed by atoms with E-state index in [1.54, 1.807) is 0 Å². The summed E-state index contributed by atoms with van der Waals surface area (Å²) >= 11 is 0. The van der Waals surface area contributed by atoms with Crippen LogP contribution in [0.2, 0.25) is 0 Å². The van der Waals surface area contributed by atoms with Crippen LogP contribution in [0, 0.1) is 11.3 Å². The highest BCUT2D eigenvalue weighted by Gasteiger charge is 2.26. The predicted molar refractivity (Wildman–Crippen MR) is 32.4 cm³/mol. The Morgan fingerprint density at radius 1 is 1.69 bits per heavy atom. The zero-order valence-corrected chi connectivity index (χ0v) is 7.02. The van der Waals surface area contributed by atoms with Gasteiger partial charge in [0.25, 0.3) is 6.33 Å². The van der Waals surface area contributed by atoms with Crippen LogP contribution in [0.3, 0.4) is 0 Å². The second-order valence-electron chi connectivity index (χ2n) is 2.02. The molecule has 1 aromatic rings. The van der Waals surface area contributed by atoms with E-state index >= 15 is 0 Å². The highest BCUT2D eigenvalue weighted by atomic mass is 35.5. The van der Waals surface area contributed by atoms with Crippen molar-refractivity contribution in [3.63, 3.8) is 0 Å². The van der Waals surface area contributed by atoms with E-state index in [-0.39, 0.29) is 24.9 Å². The molecular weight excluding hydrogens is 198 g/mol. The third-order valence-electron chi connectivity index (χ3n) is 1.31. The minimum Gasteiger partial charge on any atom is -1.00 e. The monoisotopic (exact) mass is 201 g/mol. The molecule has 0 amide bonds. The molecule has 0 unspecified atom stereocenters. The molecule has 0 saturated heterocycles. The Balaban J connectivity index is 0.000000845. The maximum atomic E-state index is 8.59. The normalized spacial score (nSPS) is 14.7. The molecule has 0 saturated carbocycles. The van der Waals surface area contributed by atoms with E-state index in [4.69, 9.17) is 5.26 Å². The predicted octanol–water partition coefficient (Wildman–Crippen LogP) is -4.25. The van der Waals surface area contributed by atoms with Crippen molar-refractivity contribution in [1.82, 2.24) is 15.4 Å². The van der Waals surface area contributed by atoms with Crippen molar-refractivity contribution in [2.45, 2.75) is 0 Å². The van der Waals surface area contributed by atoms with Crippen LogP contribution in [0.1, 0.15) is 0 Å². The standard InChI is InChI=1S/C5H3N5O2.ClH/c6-1-4-2-11-12-5(4)10-8-3-7-9-10;/h3H,2H2;1H. The molecule has 7 nitrogen and oxygen atoms in total. The summed E-state index contributed by atoms with van der Waals surface area (Å²) in [6.45, 7) is 0.138. The van der Waals surface area contributed by atoms with Crippen LogP contribution in [-0.2, 0) is 9.78 Å².